The summed E-state index contributed by atoms with van der Waals surface area (Å²) in [6, 6.07) is 20.9. The first-order valence-electron chi connectivity index (χ1n) is 15.4. The summed E-state index contributed by atoms with van der Waals surface area (Å²) in [4.78, 5) is 36.0. The molecule has 1 fully saturated rings. The van der Waals surface area contributed by atoms with Crippen molar-refractivity contribution in [3.8, 4) is 0 Å². The van der Waals surface area contributed by atoms with Gasteiger partial charge in [0.2, 0.25) is 0 Å². The first-order valence-corrected chi connectivity index (χ1v) is 15.4. The highest BCUT2D eigenvalue weighted by Gasteiger charge is 2.29. The van der Waals surface area contributed by atoms with Crippen molar-refractivity contribution in [2.75, 3.05) is 61.9 Å². The molecule has 3 aliphatic heterocycles. The number of aryl methyl sites for hydroxylation is 1. The lowest BCUT2D eigenvalue weighted by Crippen LogP contribution is -2.47. The molecule has 0 aromatic heterocycles. The van der Waals surface area contributed by atoms with E-state index >= 15 is 0 Å². The van der Waals surface area contributed by atoms with E-state index in [2.05, 4.69) is 95.6 Å². The van der Waals surface area contributed by atoms with Gasteiger partial charge in [-0.25, -0.2) is 0 Å². The standard InChI is InChI=1S/C36H41N5O3/c1-26-9-4-5-12-32(26)39-16-18-40(19-17-39)33-22-29-14-15-41(25-28-11-8-10-27(21-28)24-38(2)3)36(43)30(29)23-31(33)37-35(42)34-13-6-7-20-44-34/h4-5,7-13,20-23H,6,14-19,24-25H2,1-3H3,(H,37,42). The molecule has 8 nitrogen and oxygen atoms in total. The zero-order valence-electron chi connectivity index (χ0n) is 25.9. The fourth-order valence-corrected chi connectivity index (χ4v) is 6.33. The molecule has 3 heterocycles. The number of carbonyl (C=O) groups excluding carboxylic acids is 2. The maximum Gasteiger partial charge on any atom is 0.291 e. The number of carbonyl (C=O) groups is 2. The SMILES string of the molecule is Cc1ccccc1N1CCN(c2cc3c(cc2NC(=O)C2=CCC=CO2)C(=O)N(Cc2cccc(CN(C)C)c2)CC3)CC1. The van der Waals surface area contributed by atoms with Gasteiger partial charge in [0.15, 0.2) is 5.76 Å². The molecule has 3 aromatic carbocycles. The van der Waals surface area contributed by atoms with Gasteiger partial charge in [0.1, 0.15) is 0 Å². The summed E-state index contributed by atoms with van der Waals surface area (Å²) in [5, 5.41) is 3.09. The van der Waals surface area contributed by atoms with Crippen LogP contribution in [0, 0.1) is 6.92 Å². The highest BCUT2D eigenvalue weighted by atomic mass is 16.5. The van der Waals surface area contributed by atoms with Gasteiger partial charge in [0.25, 0.3) is 11.8 Å². The van der Waals surface area contributed by atoms with Gasteiger partial charge in [-0.15, -0.1) is 0 Å². The summed E-state index contributed by atoms with van der Waals surface area (Å²) >= 11 is 0. The predicted octanol–water partition coefficient (Wildman–Crippen LogP) is 5.34. The molecule has 8 heteroatoms. The van der Waals surface area contributed by atoms with Crippen LogP contribution in [0.1, 0.15) is 39.0 Å². The van der Waals surface area contributed by atoms with E-state index in [1.807, 2.05) is 17.0 Å². The highest BCUT2D eigenvalue weighted by molar-refractivity contribution is 6.06. The summed E-state index contributed by atoms with van der Waals surface area (Å²) < 4.78 is 5.49. The lowest BCUT2D eigenvalue weighted by molar-refractivity contribution is -0.115. The lowest BCUT2D eigenvalue weighted by Gasteiger charge is -2.39. The quantitative estimate of drug-likeness (QED) is 0.382. The molecular weight excluding hydrogens is 550 g/mol. The molecule has 1 N–H and O–H groups in total. The number of piperazine rings is 1. The van der Waals surface area contributed by atoms with Gasteiger partial charge >= 0.3 is 0 Å². The molecule has 6 rings (SSSR count). The van der Waals surface area contributed by atoms with E-state index in [0.717, 1.165) is 56.0 Å². The van der Waals surface area contributed by atoms with Crippen LogP contribution < -0.4 is 15.1 Å². The molecule has 0 atom stereocenters. The number of benzene rings is 3. The van der Waals surface area contributed by atoms with E-state index in [0.29, 0.717) is 30.8 Å². The minimum Gasteiger partial charge on any atom is -0.460 e. The number of fused-ring (bicyclic) bond motifs is 1. The molecule has 2 amide bonds. The Balaban J connectivity index is 1.25. The van der Waals surface area contributed by atoms with Gasteiger partial charge in [0, 0.05) is 57.1 Å². The molecule has 0 radical (unpaired) electrons. The second-order valence-corrected chi connectivity index (χ2v) is 12.1. The van der Waals surface area contributed by atoms with Gasteiger partial charge in [-0.05, 0) is 86.5 Å². The largest absolute Gasteiger partial charge is 0.460 e. The number of nitrogens with zero attached hydrogens (tertiary/aromatic N) is 4. The van der Waals surface area contributed by atoms with Crippen molar-refractivity contribution in [2.45, 2.75) is 32.9 Å². The summed E-state index contributed by atoms with van der Waals surface area (Å²) in [6.45, 7) is 7.56. The number of allylic oxidation sites excluding steroid dienone is 2. The Morgan fingerprint density at radius 2 is 1.66 bits per heavy atom. The average molecular weight is 592 g/mol. The molecule has 228 valence electrons. The topological polar surface area (TPSA) is 68.4 Å². The molecule has 44 heavy (non-hydrogen) atoms. The summed E-state index contributed by atoms with van der Waals surface area (Å²) in [6.07, 6.45) is 6.58. The highest BCUT2D eigenvalue weighted by Crippen LogP contribution is 2.35. The van der Waals surface area contributed by atoms with Crippen molar-refractivity contribution < 1.29 is 14.3 Å². The van der Waals surface area contributed by atoms with Gasteiger partial charge in [-0.2, -0.15) is 0 Å². The average Bonchev–Trinajstić information content (AvgIpc) is 3.03. The molecule has 0 unspecified atom stereocenters. The van der Waals surface area contributed by atoms with Crippen LogP contribution in [0.3, 0.4) is 0 Å². The molecular formula is C36H41N5O3. The zero-order valence-corrected chi connectivity index (χ0v) is 25.9. The lowest BCUT2D eigenvalue weighted by atomic mass is 9.95. The van der Waals surface area contributed by atoms with Crippen molar-refractivity contribution >= 4 is 28.9 Å². The molecule has 0 saturated carbocycles. The second-order valence-electron chi connectivity index (χ2n) is 12.1. The first kappa shape index (κ1) is 29.5. The fourth-order valence-electron chi connectivity index (χ4n) is 6.33. The Morgan fingerprint density at radius 3 is 2.39 bits per heavy atom. The van der Waals surface area contributed by atoms with Crippen LogP contribution in [0.25, 0.3) is 0 Å². The Kier molecular flexibility index (Phi) is 8.70. The maximum absolute atomic E-state index is 13.9. The van der Waals surface area contributed by atoms with Crippen molar-refractivity contribution in [1.29, 1.82) is 0 Å². The Hall–Kier alpha value is -4.56. The fraction of sp³-hybridized carbons (Fsp3) is 0.333. The van der Waals surface area contributed by atoms with E-state index in [-0.39, 0.29) is 17.6 Å². The molecule has 1 saturated heterocycles. The monoisotopic (exact) mass is 591 g/mol. The minimum absolute atomic E-state index is 0.00764. The second kappa shape index (κ2) is 13.0. The summed E-state index contributed by atoms with van der Waals surface area (Å²) in [5.74, 6) is -0.0511. The molecule has 3 aliphatic rings. The van der Waals surface area contributed by atoms with Gasteiger partial charge < -0.3 is 29.7 Å². The van der Waals surface area contributed by atoms with Crippen LogP contribution in [0.4, 0.5) is 17.1 Å². The van der Waals surface area contributed by atoms with Crippen LogP contribution in [0.15, 0.2) is 84.8 Å². The normalized spacial score (nSPS) is 16.5. The number of para-hydroxylation sites is 1. The Morgan fingerprint density at radius 1 is 0.909 bits per heavy atom. The van der Waals surface area contributed by atoms with E-state index in [1.165, 1.54) is 16.8 Å². The number of ether oxygens (including phenoxy) is 1. The summed E-state index contributed by atoms with van der Waals surface area (Å²) in [7, 11) is 4.11. The third-order valence-corrected chi connectivity index (χ3v) is 8.53. The Labute approximate surface area is 260 Å². The first-order chi connectivity index (χ1) is 21.4. The summed E-state index contributed by atoms with van der Waals surface area (Å²) in [5.41, 5.74) is 8.14. The van der Waals surface area contributed by atoms with E-state index < -0.39 is 0 Å². The maximum atomic E-state index is 13.9. The van der Waals surface area contributed by atoms with Crippen molar-refractivity contribution in [2.24, 2.45) is 0 Å². The smallest absolute Gasteiger partial charge is 0.291 e. The van der Waals surface area contributed by atoms with E-state index in [4.69, 9.17) is 4.74 Å². The minimum atomic E-state index is -0.313. The van der Waals surface area contributed by atoms with Gasteiger partial charge in [-0.1, -0.05) is 42.5 Å². The number of anilines is 3. The third-order valence-electron chi connectivity index (χ3n) is 8.53. The van der Waals surface area contributed by atoms with Crippen molar-refractivity contribution in [1.82, 2.24) is 9.80 Å². The number of nitrogens with one attached hydrogen (secondary N) is 1. The molecule has 0 bridgehead atoms. The van der Waals surface area contributed by atoms with Crippen LogP contribution >= 0.6 is 0 Å². The van der Waals surface area contributed by atoms with Gasteiger partial charge in [0.05, 0.1) is 17.6 Å². The van der Waals surface area contributed by atoms with Crippen molar-refractivity contribution in [3.63, 3.8) is 0 Å². The number of hydrogen-bond acceptors (Lipinski definition) is 6. The van der Waals surface area contributed by atoms with Crippen LogP contribution in [-0.2, 0) is 29.0 Å². The van der Waals surface area contributed by atoms with Crippen molar-refractivity contribution in [3.05, 3.63) is 113 Å². The van der Waals surface area contributed by atoms with Crippen LogP contribution in [0.2, 0.25) is 0 Å². The molecule has 3 aromatic rings. The molecule has 0 aliphatic carbocycles. The van der Waals surface area contributed by atoms with E-state index in [9.17, 15) is 9.59 Å². The zero-order chi connectivity index (χ0) is 30.6. The number of amides is 2. The predicted molar refractivity (Wildman–Crippen MR) is 176 cm³/mol. The molecule has 0 spiro atoms. The number of rotatable bonds is 8. The van der Waals surface area contributed by atoms with Crippen LogP contribution in [0.5, 0.6) is 0 Å². The van der Waals surface area contributed by atoms with Gasteiger partial charge in [-0.3, -0.25) is 9.59 Å². The van der Waals surface area contributed by atoms with Crippen LogP contribution in [-0.4, -0.2) is 68.4 Å². The number of hydrogen-bond donors (Lipinski definition) is 1. The third kappa shape index (κ3) is 6.50. The Bertz CT molecular complexity index is 1600. The van der Waals surface area contributed by atoms with E-state index in [1.54, 1.807) is 12.3 Å².